The molecule has 0 spiro atoms. The first-order chi connectivity index (χ1) is 10.7. The van der Waals surface area contributed by atoms with Crippen LogP contribution in [-0.2, 0) is 7.05 Å². The van der Waals surface area contributed by atoms with Crippen molar-refractivity contribution in [2.45, 2.75) is 19.4 Å². The third kappa shape index (κ3) is 4.13. The molecule has 0 bridgehead atoms. The number of amides is 1. The van der Waals surface area contributed by atoms with Crippen molar-refractivity contribution in [2.75, 3.05) is 6.54 Å². The van der Waals surface area contributed by atoms with Gasteiger partial charge in [-0.15, -0.1) is 0 Å². The number of hydrogen-bond donors (Lipinski definition) is 2. The average molecular weight is 317 g/mol. The smallest absolute Gasteiger partial charge is 0.269 e. The molecule has 1 aromatic carbocycles. The summed E-state index contributed by atoms with van der Waals surface area (Å²) < 4.78 is 1.53. The van der Waals surface area contributed by atoms with Gasteiger partial charge in [0, 0.05) is 43.0 Å². The van der Waals surface area contributed by atoms with Gasteiger partial charge in [-0.3, -0.25) is 19.6 Å². The second kappa shape index (κ2) is 6.17. The zero-order valence-corrected chi connectivity index (χ0v) is 13.2. The summed E-state index contributed by atoms with van der Waals surface area (Å²) in [5.41, 5.74) is 6.82. The summed E-state index contributed by atoms with van der Waals surface area (Å²) in [4.78, 5) is 22.6. The van der Waals surface area contributed by atoms with Crippen molar-refractivity contribution < 1.29 is 9.72 Å². The van der Waals surface area contributed by atoms with Crippen molar-refractivity contribution in [1.29, 1.82) is 0 Å². The molecular weight excluding hydrogens is 298 g/mol. The molecule has 0 atom stereocenters. The van der Waals surface area contributed by atoms with E-state index in [0.717, 1.165) is 0 Å². The molecule has 122 valence electrons. The zero-order valence-electron chi connectivity index (χ0n) is 13.2. The minimum Gasteiger partial charge on any atom is -0.350 e. The second-order valence-corrected chi connectivity index (χ2v) is 6.04. The van der Waals surface area contributed by atoms with Crippen LogP contribution >= 0.6 is 0 Å². The fourth-order valence-electron chi connectivity index (χ4n) is 2.01. The third-order valence-corrected chi connectivity index (χ3v) is 3.13. The molecule has 0 saturated heterocycles. The number of nitrogens with two attached hydrogens (primary N) is 1. The highest BCUT2D eigenvalue weighted by atomic mass is 16.6. The van der Waals surface area contributed by atoms with Gasteiger partial charge < -0.3 is 11.1 Å². The van der Waals surface area contributed by atoms with E-state index in [2.05, 4.69) is 10.4 Å². The Bertz CT molecular complexity index is 729. The molecule has 0 aliphatic rings. The van der Waals surface area contributed by atoms with E-state index < -0.39 is 10.5 Å². The molecule has 0 aliphatic carbocycles. The monoisotopic (exact) mass is 317 g/mol. The third-order valence-electron chi connectivity index (χ3n) is 3.13. The van der Waals surface area contributed by atoms with Gasteiger partial charge >= 0.3 is 0 Å². The van der Waals surface area contributed by atoms with Crippen LogP contribution in [0.15, 0.2) is 30.5 Å². The number of nitrogens with zero attached hydrogens (tertiary/aromatic N) is 3. The molecule has 1 amide bonds. The van der Waals surface area contributed by atoms with Crippen LogP contribution in [0, 0.1) is 10.1 Å². The predicted molar refractivity (Wildman–Crippen MR) is 85.9 cm³/mol. The van der Waals surface area contributed by atoms with Crippen LogP contribution < -0.4 is 11.1 Å². The van der Waals surface area contributed by atoms with E-state index in [4.69, 9.17) is 5.73 Å². The van der Waals surface area contributed by atoms with Gasteiger partial charge in [0.05, 0.1) is 10.5 Å². The Labute approximate surface area is 133 Å². The van der Waals surface area contributed by atoms with Crippen LogP contribution in [0.1, 0.15) is 24.2 Å². The second-order valence-electron chi connectivity index (χ2n) is 6.04. The highest BCUT2D eigenvalue weighted by Crippen LogP contribution is 2.24. The normalized spacial score (nSPS) is 11.3. The molecule has 3 N–H and O–H groups in total. The summed E-state index contributed by atoms with van der Waals surface area (Å²) in [5, 5.41) is 17.8. The van der Waals surface area contributed by atoms with E-state index in [1.54, 1.807) is 25.4 Å². The van der Waals surface area contributed by atoms with Crippen molar-refractivity contribution in [2.24, 2.45) is 12.8 Å². The summed E-state index contributed by atoms with van der Waals surface area (Å²) in [7, 11) is 1.71. The Balaban J connectivity index is 2.30. The van der Waals surface area contributed by atoms with Crippen molar-refractivity contribution >= 4 is 11.6 Å². The van der Waals surface area contributed by atoms with Crippen LogP contribution in [0.3, 0.4) is 0 Å². The molecule has 0 radical (unpaired) electrons. The number of nitro groups is 1. The molecule has 0 aliphatic heterocycles. The number of aryl methyl sites for hydroxylation is 1. The first-order valence-electron chi connectivity index (χ1n) is 7.03. The maximum absolute atomic E-state index is 12.3. The lowest BCUT2D eigenvalue weighted by Gasteiger charge is -2.18. The lowest BCUT2D eigenvalue weighted by atomic mass is 10.1. The number of aromatic nitrogens is 2. The van der Waals surface area contributed by atoms with E-state index in [9.17, 15) is 14.9 Å². The van der Waals surface area contributed by atoms with Crippen molar-refractivity contribution in [3.8, 4) is 11.3 Å². The number of hydrogen-bond acceptors (Lipinski definition) is 5. The molecule has 8 heteroatoms. The number of carbonyl (C=O) groups is 1. The van der Waals surface area contributed by atoms with Crippen molar-refractivity contribution in [3.05, 3.63) is 46.1 Å². The van der Waals surface area contributed by atoms with Gasteiger partial charge in [0.2, 0.25) is 0 Å². The van der Waals surface area contributed by atoms with Gasteiger partial charge in [-0.25, -0.2) is 0 Å². The number of nitro benzene ring substituents is 1. The maximum Gasteiger partial charge on any atom is 0.269 e. The van der Waals surface area contributed by atoms with Gasteiger partial charge in [0.15, 0.2) is 0 Å². The lowest BCUT2D eigenvalue weighted by molar-refractivity contribution is -0.384. The lowest BCUT2D eigenvalue weighted by Crippen LogP contribution is -2.45. The zero-order chi connectivity index (χ0) is 17.2. The van der Waals surface area contributed by atoms with Crippen molar-refractivity contribution in [3.63, 3.8) is 0 Å². The fraction of sp³-hybridized carbons (Fsp3) is 0.333. The average Bonchev–Trinajstić information content (AvgIpc) is 2.86. The Morgan fingerprint density at radius 1 is 1.39 bits per heavy atom. The fourth-order valence-corrected chi connectivity index (χ4v) is 2.01. The van der Waals surface area contributed by atoms with E-state index in [0.29, 0.717) is 23.4 Å². The minimum absolute atomic E-state index is 0.0134. The quantitative estimate of drug-likeness (QED) is 0.639. The summed E-state index contributed by atoms with van der Waals surface area (Å²) in [6, 6.07) is 5.91. The van der Waals surface area contributed by atoms with Gasteiger partial charge in [0.1, 0.15) is 5.69 Å². The number of benzene rings is 1. The molecule has 1 aromatic heterocycles. The Morgan fingerprint density at radius 2 is 2.00 bits per heavy atom. The molecule has 2 aromatic rings. The molecule has 1 heterocycles. The molecular formula is C15H19N5O3. The number of nitrogens with one attached hydrogen (secondary N) is 1. The van der Waals surface area contributed by atoms with E-state index >= 15 is 0 Å². The number of carbonyl (C=O) groups excluding carboxylic acids is 1. The minimum atomic E-state index is -0.522. The molecule has 8 nitrogen and oxygen atoms in total. The SMILES string of the molecule is Cn1cc(C(=O)NCC(C)(C)N)c(-c2ccc([N+](=O)[O-])cc2)n1. The topological polar surface area (TPSA) is 116 Å². The first kappa shape index (κ1) is 16.6. The summed E-state index contributed by atoms with van der Waals surface area (Å²) in [6.45, 7) is 3.95. The van der Waals surface area contributed by atoms with Crippen LogP contribution in [-0.4, -0.2) is 32.7 Å². The molecule has 23 heavy (non-hydrogen) atoms. The maximum atomic E-state index is 12.3. The summed E-state index contributed by atoms with van der Waals surface area (Å²) in [6.07, 6.45) is 1.61. The highest BCUT2D eigenvalue weighted by molar-refractivity contribution is 5.99. The molecule has 0 fully saturated rings. The first-order valence-corrected chi connectivity index (χ1v) is 7.03. The van der Waals surface area contributed by atoms with E-state index in [1.807, 2.05) is 13.8 Å². The Morgan fingerprint density at radius 3 is 2.52 bits per heavy atom. The van der Waals surface area contributed by atoms with E-state index in [-0.39, 0.29) is 11.6 Å². The molecule has 0 saturated carbocycles. The Hall–Kier alpha value is -2.74. The summed E-state index contributed by atoms with van der Waals surface area (Å²) >= 11 is 0. The van der Waals surface area contributed by atoms with Gasteiger partial charge in [-0.05, 0) is 26.0 Å². The largest absolute Gasteiger partial charge is 0.350 e. The predicted octanol–water partition coefficient (Wildman–Crippen LogP) is 1.46. The number of non-ortho nitro benzene ring substituents is 1. The molecule has 0 unspecified atom stereocenters. The van der Waals surface area contributed by atoms with Crippen LogP contribution in [0.2, 0.25) is 0 Å². The van der Waals surface area contributed by atoms with Crippen LogP contribution in [0.25, 0.3) is 11.3 Å². The standard InChI is InChI=1S/C15H19N5O3/c1-15(2,16)9-17-14(21)12-8-19(3)18-13(12)10-4-6-11(7-5-10)20(22)23/h4-8H,9,16H2,1-3H3,(H,17,21). The van der Waals surface area contributed by atoms with Gasteiger partial charge in [-0.2, -0.15) is 5.10 Å². The van der Waals surface area contributed by atoms with Crippen LogP contribution in [0.5, 0.6) is 0 Å². The van der Waals surface area contributed by atoms with Gasteiger partial charge in [-0.1, -0.05) is 0 Å². The van der Waals surface area contributed by atoms with E-state index in [1.165, 1.54) is 16.8 Å². The highest BCUT2D eigenvalue weighted by Gasteiger charge is 2.20. The van der Waals surface area contributed by atoms with Gasteiger partial charge in [0.25, 0.3) is 11.6 Å². The van der Waals surface area contributed by atoms with Crippen molar-refractivity contribution in [1.82, 2.24) is 15.1 Å². The van der Waals surface area contributed by atoms with Crippen LogP contribution in [0.4, 0.5) is 5.69 Å². The number of rotatable bonds is 5. The summed E-state index contributed by atoms with van der Waals surface area (Å²) in [5.74, 6) is -0.287. The Kier molecular flexibility index (Phi) is 4.46. The molecule has 2 rings (SSSR count).